The summed E-state index contributed by atoms with van der Waals surface area (Å²) in [5.74, 6) is -1.04. The van der Waals surface area contributed by atoms with E-state index in [1.807, 2.05) is 4.57 Å². The number of hydrogen-bond donors (Lipinski definition) is 0. The number of benzene rings is 2. The molecule has 0 aliphatic heterocycles. The average molecular weight is 320 g/mol. The number of ketones is 2. The molecule has 0 unspecified atom stereocenters. The van der Waals surface area contributed by atoms with E-state index in [0.717, 1.165) is 5.69 Å². The van der Waals surface area contributed by atoms with Crippen LogP contribution in [0.1, 0.15) is 20.7 Å². The molecular weight excluding hydrogens is 307 g/mol. The molecule has 0 saturated carbocycles. The van der Waals surface area contributed by atoms with Crippen molar-refractivity contribution in [1.82, 2.24) is 9.55 Å². The SMILES string of the molecule is O=C(/C=C/C(=O)c1ccc(-n2ccnc2)cc1)c1ccc(F)cc1. The highest BCUT2D eigenvalue weighted by atomic mass is 19.1. The Labute approximate surface area is 137 Å². The number of carbonyl (C=O) groups is 2. The third-order valence-corrected chi connectivity index (χ3v) is 3.47. The average Bonchev–Trinajstić information content (AvgIpc) is 3.15. The number of carbonyl (C=O) groups excluding carboxylic acids is 2. The highest BCUT2D eigenvalue weighted by molar-refractivity contribution is 6.11. The van der Waals surface area contributed by atoms with Crippen molar-refractivity contribution < 1.29 is 14.0 Å². The standard InChI is InChI=1S/C19H13FN2O2/c20-16-5-1-14(2-6-16)18(23)9-10-19(24)15-3-7-17(8-4-15)22-12-11-21-13-22/h1-13H/b10-9+. The van der Waals surface area contributed by atoms with Gasteiger partial charge < -0.3 is 4.57 Å². The van der Waals surface area contributed by atoms with E-state index in [1.54, 1.807) is 43.0 Å². The molecule has 0 aliphatic rings. The zero-order chi connectivity index (χ0) is 16.9. The van der Waals surface area contributed by atoms with Gasteiger partial charge in [0.1, 0.15) is 5.82 Å². The molecule has 4 nitrogen and oxygen atoms in total. The minimum atomic E-state index is -0.412. The maximum absolute atomic E-state index is 12.8. The molecule has 118 valence electrons. The molecule has 0 radical (unpaired) electrons. The predicted octanol–water partition coefficient (Wildman–Crippen LogP) is 3.63. The first kappa shape index (κ1) is 15.6. The van der Waals surface area contributed by atoms with Gasteiger partial charge in [-0.25, -0.2) is 9.37 Å². The molecule has 0 bridgehead atoms. The zero-order valence-corrected chi connectivity index (χ0v) is 12.6. The van der Waals surface area contributed by atoms with Crippen molar-refractivity contribution in [2.45, 2.75) is 0 Å². The van der Waals surface area contributed by atoms with Gasteiger partial charge in [0.2, 0.25) is 0 Å². The first-order valence-electron chi connectivity index (χ1n) is 7.24. The lowest BCUT2D eigenvalue weighted by Crippen LogP contribution is -1.99. The van der Waals surface area contributed by atoms with Crippen molar-refractivity contribution in [1.29, 1.82) is 0 Å². The molecule has 5 heteroatoms. The van der Waals surface area contributed by atoms with Crippen molar-refractivity contribution in [2.75, 3.05) is 0 Å². The summed E-state index contributed by atoms with van der Waals surface area (Å²) in [4.78, 5) is 28.0. The van der Waals surface area contributed by atoms with Gasteiger partial charge in [0.15, 0.2) is 11.6 Å². The molecule has 0 saturated heterocycles. The van der Waals surface area contributed by atoms with Crippen LogP contribution in [0, 0.1) is 5.82 Å². The molecule has 24 heavy (non-hydrogen) atoms. The van der Waals surface area contributed by atoms with Crippen LogP contribution >= 0.6 is 0 Å². The molecule has 3 rings (SSSR count). The van der Waals surface area contributed by atoms with Crippen molar-refractivity contribution in [3.05, 3.63) is 96.3 Å². The van der Waals surface area contributed by atoms with E-state index in [2.05, 4.69) is 4.98 Å². The van der Waals surface area contributed by atoms with Crippen molar-refractivity contribution in [3.8, 4) is 5.69 Å². The molecule has 2 aromatic carbocycles. The Morgan fingerprint density at radius 1 is 0.875 bits per heavy atom. The van der Waals surface area contributed by atoms with Crippen LogP contribution in [-0.4, -0.2) is 21.1 Å². The minimum Gasteiger partial charge on any atom is -0.306 e. The predicted molar refractivity (Wildman–Crippen MR) is 87.8 cm³/mol. The van der Waals surface area contributed by atoms with Gasteiger partial charge in [-0.15, -0.1) is 0 Å². The molecule has 3 aromatic rings. The van der Waals surface area contributed by atoms with Crippen molar-refractivity contribution in [2.24, 2.45) is 0 Å². The molecule has 1 heterocycles. The van der Waals surface area contributed by atoms with Crippen LogP contribution in [0.4, 0.5) is 4.39 Å². The maximum Gasteiger partial charge on any atom is 0.185 e. The van der Waals surface area contributed by atoms with Crippen LogP contribution in [0.2, 0.25) is 0 Å². The molecule has 0 fully saturated rings. The fourth-order valence-electron chi connectivity index (χ4n) is 2.17. The van der Waals surface area contributed by atoms with E-state index in [9.17, 15) is 14.0 Å². The highest BCUT2D eigenvalue weighted by Crippen LogP contribution is 2.11. The quantitative estimate of drug-likeness (QED) is 0.533. The Bertz CT molecular complexity index is 880. The molecule has 0 spiro atoms. The van der Waals surface area contributed by atoms with Gasteiger partial charge in [0.25, 0.3) is 0 Å². The Kier molecular flexibility index (Phi) is 4.43. The highest BCUT2D eigenvalue weighted by Gasteiger charge is 2.05. The summed E-state index contributed by atoms with van der Waals surface area (Å²) in [5, 5.41) is 0. The van der Waals surface area contributed by atoms with E-state index >= 15 is 0 Å². The topological polar surface area (TPSA) is 52.0 Å². The number of halogens is 1. The summed E-state index contributed by atoms with van der Waals surface area (Å²) in [6.45, 7) is 0. The molecule has 0 amide bonds. The minimum absolute atomic E-state index is 0.275. The number of nitrogens with zero attached hydrogens (tertiary/aromatic N) is 2. The van der Waals surface area contributed by atoms with Gasteiger partial charge in [-0.3, -0.25) is 9.59 Å². The van der Waals surface area contributed by atoms with E-state index in [0.29, 0.717) is 11.1 Å². The lowest BCUT2D eigenvalue weighted by molar-refractivity contribution is 0.102. The van der Waals surface area contributed by atoms with Crippen molar-refractivity contribution >= 4 is 11.6 Å². The van der Waals surface area contributed by atoms with Gasteiger partial charge in [0.05, 0.1) is 6.33 Å². The summed E-state index contributed by atoms with van der Waals surface area (Å²) >= 11 is 0. The third-order valence-electron chi connectivity index (χ3n) is 3.47. The monoisotopic (exact) mass is 320 g/mol. The van der Waals surface area contributed by atoms with Gasteiger partial charge in [-0.1, -0.05) is 0 Å². The maximum atomic E-state index is 12.8. The molecule has 0 N–H and O–H groups in total. The van der Waals surface area contributed by atoms with Gasteiger partial charge in [-0.05, 0) is 60.7 Å². The number of aromatic nitrogens is 2. The lowest BCUT2D eigenvalue weighted by Gasteiger charge is -2.02. The first-order valence-corrected chi connectivity index (χ1v) is 7.24. The van der Waals surface area contributed by atoms with Crippen LogP contribution in [-0.2, 0) is 0 Å². The van der Waals surface area contributed by atoms with Crippen LogP contribution in [0.15, 0.2) is 79.4 Å². The summed E-state index contributed by atoms with van der Waals surface area (Å²) in [6.07, 6.45) is 7.55. The van der Waals surface area contributed by atoms with Crippen LogP contribution < -0.4 is 0 Å². The fourth-order valence-corrected chi connectivity index (χ4v) is 2.17. The summed E-state index contributed by atoms with van der Waals surface area (Å²) in [7, 11) is 0. The van der Waals surface area contributed by atoms with Crippen LogP contribution in [0.25, 0.3) is 5.69 Å². The molecule has 0 aliphatic carbocycles. The van der Waals surface area contributed by atoms with Gasteiger partial charge in [0, 0.05) is 29.2 Å². The number of rotatable bonds is 5. The number of allylic oxidation sites excluding steroid dienone is 2. The number of imidazole rings is 1. The Morgan fingerprint density at radius 3 is 1.92 bits per heavy atom. The fraction of sp³-hybridized carbons (Fsp3) is 0. The van der Waals surface area contributed by atoms with Crippen LogP contribution in [0.3, 0.4) is 0 Å². The van der Waals surface area contributed by atoms with Crippen LogP contribution in [0.5, 0.6) is 0 Å². The van der Waals surface area contributed by atoms with E-state index < -0.39 is 5.82 Å². The third kappa shape index (κ3) is 3.52. The summed E-state index contributed by atoms with van der Waals surface area (Å²) < 4.78 is 14.7. The zero-order valence-electron chi connectivity index (χ0n) is 12.6. The largest absolute Gasteiger partial charge is 0.306 e. The second-order valence-electron chi connectivity index (χ2n) is 5.09. The van der Waals surface area contributed by atoms with Gasteiger partial charge in [-0.2, -0.15) is 0 Å². The number of hydrogen-bond acceptors (Lipinski definition) is 3. The Morgan fingerprint density at radius 2 is 1.42 bits per heavy atom. The lowest BCUT2D eigenvalue weighted by atomic mass is 10.1. The molecular formula is C19H13FN2O2. The molecule has 1 aromatic heterocycles. The van der Waals surface area contributed by atoms with E-state index in [4.69, 9.17) is 0 Å². The summed E-state index contributed by atoms with van der Waals surface area (Å²) in [5.41, 5.74) is 1.69. The molecule has 0 atom stereocenters. The Balaban J connectivity index is 1.70. The van der Waals surface area contributed by atoms with Crippen molar-refractivity contribution in [3.63, 3.8) is 0 Å². The Hall–Kier alpha value is -3.34. The smallest absolute Gasteiger partial charge is 0.185 e. The second kappa shape index (κ2) is 6.83. The first-order chi connectivity index (χ1) is 11.6. The van der Waals surface area contributed by atoms with E-state index in [-0.39, 0.29) is 11.6 Å². The normalized spacial score (nSPS) is 10.9. The second-order valence-corrected chi connectivity index (χ2v) is 5.09. The summed E-state index contributed by atoms with van der Waals surface area (Å²) in [6, 6.07) is 12.1. The van der Waals surface area contributed by atoms with Gasteiger partial charge >= 0.3 is 0 Å². The van der Waals surface area contributed by atoms with E-state index in [1.165, 1.54) is 36.4 Å².